The number of rotatable bonds is 5. The van der Waals surface area contributed by atoms with E-state index in [4.69, 9.17) is 0 Å². The highest BCUT2D eigenvalue weighted by Gasteiger charge is 2.36. The van der Waals surface area contributed by atoms with E-state index in [-0.39, 0.29) is 12.1 Å². The van der Waals surface area contributed by atoms with Crippen molar-refractivity contribution < 1.29 is 9.90 Å². The molecule has 0 bridgehead atoms. The number of carbonyl (C=O) groups excluding carboxylic acids is 1. The molecule has 0 spiro atoms. The largest absolute Gasteiger partial charge is 0.388 e. The van der Waals surface area contributed by atoms with Crippen molar-refractivity contribution in [2.24, 2.45) is 5.92 Å². The Balaban J connectivity index is 1.53. The quantitative estimate of drug-likeness (QED) is 0.722. The predicted molar refractivity (Wildman–Crippen MR) is 91.5 cm³/mol. The molecular formula is C17H27N3O2S. The van der Waals surface area contributed by atoms with Gasteiger partial charge in [0.05, 0.1) is 11.6 Å². The number of carbonyl (C=O) groups is 1. The number of aliphatic hydroxyl groups is 1. The second kappa shape index (κ2) is 7.18. The van der Waals surface area contributed by atoms with Crippen molar-refractivity contribution in [3.05, 3.63) is 16.1 Å². The second-order valence-electron chi connectivity index (χ2n) is 7.11. The summed E-state index contributed by atoms with van der Waals surface area (Å²) in [4.78, 5) is 16.8. The van der Waals surface area contributed by atoms with E-state index in [1.165, 1.54) is 12.8 Å². The number of nitrogens with zero attached hydrogens (tertiary/aromatic N) is 1. The molecule has 0 saturated heterocycles. The number of hydrogen-bond acceptors (Lipinski definition) is 4. The molecule has 3 N–H and O–H groups in total. The van der Waals surface area contributed by atoms with Gasteiger partial charge in [-0.1, -0.05) is 25.7 Å². The highest BCUT2D eigenvalue weighted by atomic mass is 32.1. The summed E-state index contributed by atoms with van der Waals surface area (Å²) in [6.07, 6.45) is 8.31. The summed E-state index contributed by atoms with van der Waals surface area (Å²) in [6.45, 7) is 2.32. The van der Waals surface area contributed by atoms with Crippen LogP contribution in [0.15, 0.2) is 5.38 Å². The molecule has 1 heterocycles. The zero-order valence-corrected chi connectivity index (χ0v) is 14.6. The average molecular weight is 337 g/mol. The summed E-state index contributed by atoms with van der Waals surface area (Å²) in [6, 6.07) is -0.176. The number of urea groups is 1. The molecule has 3 rings (SSSR count). The fraction of sp³-hybridized carbons (Fsp3) is 0.765. The van der Waals surface area contributed by atoms with Gasteiger partial charge in [0, 0.05) is 17.6 Å². The van der Waals surface area contributed by atoms with Crippen LogP contribution in [0.25, 0.3) is 0 Å². The van der Waals surface area contributed by atoms with E-state index in [9.17, 15) is 9.90 Å². The first-order valence-corrected chi connectivity index (χ1v) is 9.62. The number of thiazole rings is 1. The molecule has 2 aliphatic carbocycles. The predicted octanol–water partition coefficient (Wildman–Crippen LogP) is 3.29. The molecule has 0 radical (unpaired) electrons. The number of aromatic nitrogens is 1. The SMILES string of the molecule is Cc1csc(C(NC(=O)NCC2(O)CCCCCC2)C2CC2)n1. The molecule has 128 valence electrons. The smallest absolute Gasteiger partial charge is 0.315 e. The Kier molecular flexibility index (Phi) is 5.21. The summed E-state index contributed by atoms with van der Waals surface area (Å²) < 4.78 is 0. The van der Waals surface area contributed by atoms with Gasteiger partial charge in [-0.25, -0.2) is 9.78 Å². The Morgan fingerprint density at radius 3 is 2.65 bits per heavy atom. The van der Waals surface area contributed by atoms with Crippen LogP contribution >= 0.6 is 11.3 Å². The number of amides is 2. The summed E-state index contributed by atoms with van der Waals surface area (Å²) in [5.74, 6) is 0.507. The van der Waals surface area contributed by atoms with E-state index in [0.29, 0.717) is 12.5 Å². The minimum absolute atomic E-state index is 0.0116. The van der Waals surface area contributed by atoms with Crippen LogP contribution in [-0.4, -0.2) is 28.3 Å². The number of aryl methyl sites for hydroxylation is 1. The van der Waals surface area contributed by atoms with E-state index in [0.717, 1.165) is 49.2 Å². The van der Waals surface area contributed by atoms with Gasteiger partial charge in [-0.15, -0.1) is 11.3 Å². The van der Waals surface area contributed by atoms with Crippen molar-refractivity contribution >= 4 is 17.4 Å². The Hall–Kier alpha value is -1.14. The normalized spacial score (nSPS) is 22.2. The molecule has 23 heavy (non-hydrogen) atoms. The molecular weight excluding hydrogens is 310 g/mol. The molecule has 2 fully saturated rings. The van der Waals surface area contributed by atoms with E-state index < -0.39 is 5.60 Å². The van der Waals surface area contributed by atoms with Gasteiger partial charge in [-0.3, -0.25) is 0 Å². The highest BCUT2D eigenvalue weighted by molar-refractivity contribution is 7.09. The zero-order valence-electron chi connectivity index (χ0n) is 13.8. The third-order valence-corrected chi connectivity index (χ3v) is 5.94. The van der Waals surface area contributed by atoms with E-state index in [2.05, 4.69) is 15.6 Å². The lowest BCUT2D eigenvalue weighted by atomic mass is 9.94. The van der Waals surface area contributed by atoms with Gasteiger partial charge in [0.15, 0.2) is 0 Å². The van der Waals surface area contributed by atoms with Crippen LogP contribution in [0.1, 0.15) is 68.1 Å². The molecule has 2 amide bonds. The van der Waals surface area contributed by atoms with E-state index in [1.54, 1.807) is 11.3 Å². The van der Waals surface area contributed by atoms with Gasteiger partial charge in [0.2, 0.25) is 0 Å². The Morgan fingerprint density at radius 1 is 1.39 bits per heavy atom. The van der Waals surface area contributed by atoms with Crippen LogP contribution in [0.4, 0.5) is 4.79 Å². The van der Waals surface area contributed by atoms with Crippen LogP contribution in [0, 0.1) is 12.8 Å². The lowest BCUT2D eigenvalue weighted by Crippen LogP contribution is -2.47. The van der Waals surface area contributed by atoms with Crippen LogP contribution < -0.4 is 10.6 Å². The number of nitrogens with one attached hydrogen (secondary N) is 2. The average Bonchev–Trinajstić information content (AvgIpc) is 3.30. The first-order chi connectivity index (χ1) is 11.1. The molecule has 0 aromatic carbocycles. The molecule has 6 heteroatoms. The topological polar surface area (TPSA) is 74.2 Å². The first kappa shape index (κ1) is 16.7. The summed E-state index contributed by atoms with van der Waals surface area (Å²) in [5.41, 5.74) is 0.270. The Morgan fingerprint density at radius 2 is 2.09 bits per heavy atom. The maximum atomic E-state index is 12.3. The van der Waals surface area contributed by atoms with Crippen molar-refractivity contribution in [1.82, 2.24) is 15.6 Å². The van der Waals surface area contributed by atoms with Crippen LogP contribution in [0.3, 0.4) is 0 Å². The van der Waals surface area contributed by atoms with Crippen LogP contribution in [0.5, 0.6) is 0 Å². The van der Waals surface area contributed by atoms with Gasteiger partial charge < -0.3 is 15.7 Å². The molecule has 2 saturated carbocycles. The highest BCUT2D eigenvalue weighted by Crippen LogP contribution is 2.41. The standard InChI is InChI=1S/C17H27N3O2S/c1-12-10-23-15(19-12)14(13-6-7-13)20-16(21)18-11-17(22)8-4-2-3-5-9-17/h10,13-14,22H,2-9,11H2,1H3,(H2,18,20,21). The van der Waals surface area contributed by atoms with Crippen molar-refractivity contribution in [1.29, 1.82) is 0 Å². The third-order valence-electron chi connectivity index (χ3n) is 4.90. The molecule has 2 aliphatic rings. The van der Waals surface area contributed by atoms with Crippen molar-refractivity contribution in [3.63, 3.8) is 0 Å². The maximum absolute atomic E-state index is 12.3. The fourth-order valence-corrected chi connectivity index (χ4v) is 4.27. The molecule has 0 aliphatic heterocycles. The zero-order chi connectivity index (χ0) is 16.3. The van der Waals surface area contributed by atoms with Crippen LogP contribution in [0.2, 0.25) is 0 Å². The minimum atomic E-state index is -0.735. The lowest BCUT2D eigenvalue weighted by molar-refractivity contribution is 0.0275. The van der Waals surface area contributed by atoms with Gasteiger partial charge in [-0.2, -0.15) is 0 Å². The number of hydrogen-bond donors (Lipinski definition) is 3. The van der Waals surface area contributed by atoms with Crippen molar-refractivity contribution in [2.75, 3.05) is 6.54 Å². The van der Waals surface area contributed by atoms with Gasteiger partial charge in [0.1, 0.15) is 5.01 Å². The molecule has 1 aromatic rings. The minimum Gasteiger partial charge on any atom is -0.388 e. The summed E-state index contributed by atoms with van der Waals surface area (Å²) in [5, 5.41) is 19.6. The first-order valence-electron chi connectivity index (χ1n) is 8.74. The monoisotopic (exact) mass is 337 g/mol. The molecule has 1 unspecified atom stereocenters. The van der Waals surface area contributed by atoms with E-state index >= 15 is 0 Å². The lowest BCUT2D eigenvalue weighted by Gasteiger charge is -2.27. The van der Waals surface area contributed by atoms with E-state index in [1.807, 2.05) is 12.3 Å². The molecule has 5 nitrogen and oxygen atoms in total. The third kappa shape index (κ3) is 4.67. The second-order valence-corrected chi connectivity index (χ2v) is 8.00. The fourth-order valence-electron chi connectivity index (χ4n) is 3.33. The van der Waals surface area contributed by atoms with Crippen molar-refractivity contribution in [3.8, 4) is 0 Å². The Labute approximate surface area is 141 Å². The van der Waals surface area contributed by atoms with Gasteiger partial charge in [0.25, 0.3) is 0 Å². The molecule has 1 atom stereocenters. The summed E-state index contributed by atoms with van der Waals surface area (Å²) >= 11 is 1.61. The van der Waals surface area contributed by atoms with Gasteiger partial charge >= 0.3 is 6.03 Å². The van der Waals surface area contributed by atoms with Crippen LogP contribution in [-0.2, 0) is 0 Å². The van der Waals surface area contributed by atoms with Gasteiger partial charge in [-0.05, 0) is 38.5 Å². The maximum Gasteiger partial charge on any atom is 0.315 e. The Bertz CT molecular complexity index is 534. The van der Waals surface area contributed by atoms with Crippen molar-refractivity contribution in [2.45, 2.75) is 69.9 Å². The summed E-state index contributed by atoms with van der Waals surface area (Å²) in [7, 11) is 0. The molecule has 1 aromatic heterocycles.